The van der Waals surface area contributed by atoms with Gasteiger partial charge >= 0.3 is 0 Å². The summed E-state index contributed by atoms with van der Waals surface area (Å²) >= 11 is 3.29. The van der Waals surface area contributed by atoms with Crippen molar-refractivity contribution in [3.8, 4) is 11.6 Å². The standard InChI is InChI=1S/C18H21BrN6O3S/c1-3-28-15-5-4-14(19)12-16(15)29(26,27)21-10-9-20-17-6-7-18(23-22-17)25-11-8-13(2)24-25/h4-8,11-12,21H,3,9-10H2,1-2H3,(H,20,22). The molecule has 0 amide bonds. The summed E-state index contributed by atoms with van der Waals surface area (Å²) in [5, 5.41) is 15.5. The van der Waals surface area contributed by atoms with Gasteiger partial charge in [-0.2, -0.15) is 5.10 Å². The average molecular weight is 481 g/mol. The van der Waals surface area contributed by atoms with Crippen LogP contribution in [0.1, 0.15) is 12.6 Å². The molecule has 0 radical (unpaired) electrons. The van der Waals surface area contributed by atoms with E-state index >= 15 is 0 Å². The Kier molecular flexibility index (Phi) is 6.83. The highest BCUT2D eigenvalue weighted by atomic mass is 79.9. The molecule has 0 atom stereocenters. The Morgan fingerprint density at radius 2 is 1.97 bits per heavy atom. The van der Waals surface area contributed by atoms with Crippen LogP contribution in [-0.4, -0.2) is 48.1 Å². The van der Waals surface area contributed by atoms with E-state index in [0.717, 1.165) is 5.69 Å². The fourth-order valence-corrected chi connectivity index (χ4v) is 4.22. The van der Waals surface area contributed by atoms with Crippen LogP contribution in [0, 0.1) is 6.92 Å². The molecule has 0 saturated carbocycles. The number of rotatable bonds is 9. The third kappa shape index (κ3) is 5.52. The highest BCUT2D eigenvalue weighted by Gasteiger charge is 2.19. The molecule has 3 aromatic rings. The minimum atomic E-state index is -3.72. The minimum Gasteiger partial charge on any atom is -0.492 e. The number of sulfonamides is 1. The van der Waals surface area contributed by atoms with Gasteiger partial charge in [0.2, 0.25) is 10.0 Å². The summed E-state index contributed by atoms with van der Waals surface area (Å²) in [4.78, 5) is 0.0902. The number of nitrogens with one attached hydrogen (secondary N) is 2. The topological polar surface area (TPSA) is 111 Å². The van der Waals surface area contributed by atoms with Crippen molar-refractivity contribution in [3.63, 3.8) is 0 Å². The van der Waals surface area contributed by atoms with Crippen LogP contribution in [-0.2, 0) is 10.0 Å². The molecule has 3 rings (SSSR count). The lowest BCUT2D eigenvalue weighted by atomic mass is 10.3. The van der Waals surface area contributed by atoms with Crippen LogP contribution in [0.15, 0.2) is 52.0 Å². The summed E-state index contributed by atoms with van der Waals surface area (Å²) < 4.78 is 35.5. The number of aryl methyl sites for hydroxylation is 1. The molecule has 2 heterocycles. The molecule has 11 heteroatoms. The van der Waals surface area contributed by atoms with Crippen LogP contribution in [0.4, 0.5) is 5.82 Å². The minimum absolute atomic E-state index is 0.0902. The highest BCUT2D eigenvalue weighted by Crippen LogP contribution is 2.27. The summed E-state index contributed by atoms with van der Waals surface area (Å²) in [6, 6.07) is 10.3. The van der Waals surface area contributed by atoms with E-state index in [1.165, 1.54) is 6.07 Å². The molecule has 9 nitrogen and oxygen atoms in total. The molecule has 0 aliphatic carbocycles. The van der Waals surface area contributed by atoms with Crippen LogP contribution in [0.3, 0.4) is 0 Å². The monoisotopic (exact) mass is 480 g/mol. The van der Waals surface area contributed by atoms with Crippen molar-refractivity contribution in [1.29, 1.82) is 0 Å². The molecule has 0 spiro atoms. The zero-order valence-electron chi connectivity index (χ0n) is 16.0. The lowest BCUT2D eigenvalue weighted by Gasteiger charge is -2.12. The number of ether oxygens (including phenoxy) is 1. The molecular weight excluding hydrogens is 460 g/mol. The molecule has 0 aliphatic rings. The van der Waals surface area contributed by atoms with Crippen LogP contribution >= 0.6 is 15.9 Å². The van der Waals surface area contributed by atoms with Crippen LogP contribution in [0.25, 0.3) is 5.82 Å². The Hall–Kier alpha value is -2.50. The summed E-state index contributed by atoms with van der Waals surface area (Å²) in [6.45, 7) is 4.58. The van der Waals surface area contributed by atoms with E-state index in [2.05, 4.69) is 41.3 Å². The molecule has 0 saturated heterocycles. The Morgan fingerprint density at radius 3 is 2.62 bits per heavy atom. The number of benzene rings is 1. The maximum absolute atomic E-state index is 12.6. The van der Waals surface area contributed by atoms with Crippen molar-refractivity contribution < 1.29 is 13.2 Å². The van der Waals surface area contributed by atoms with Crippen molar-refractivity contribution >= 4 is 31.8 Å². The zero-order valence-corrected chi connectivity index (χ0v) is 18.4. The van der Waals surface area contributed by atoms with Crippen LogP contribution in [0.2, 0.25) is 0 Å². The highest BCUT2D eigenvalue weighted by molar-refractivity contribution is 9.10. The van der Waals surface area contributed by atoms with Gasteiger partial charge < -0.3 is 10.1 Å². The number of nitrogens with zero attached hydrogens (tertiary/aromatic N) is 4. The fraction of sp³-hybridized carbons (Fsp3) is 0.278. The maximum Gasteiger partial charge on any atom is 0.244 e. The van der Waals surface area contributed by atoms with Gasteiger partial charge in [0.1, 0.15) is 16.5 Å². The number of halogens is 1. The SMILES string of the molecule is CCOc1ccc(Br)cc1S(=O)(=O)NCCNc1ccc(-n2ccc(C)n2)nn1. The van der Waals surface area contributed by atoms with Crippen molar-refractivity contribution in [2.45, 2.75) is 18.7 Å². The number of hydrogen-bond donors (Lipinski definition) is 2. The molecule has 0 unspecified atom stereocenters. The Labute approximate surface area is 177 Å². The summed E-state index contributed by atoms with van der Waals surface area (Å²) in [5.74, 6) is 1.45. The number of hydrogen-bond acceptors (Lipinski definition) is 7. The first-order valence-electron chi connectivity index (χ1n) is 8.91. The Bertz CT molecular complexity index is 1070. The number of aromatic nitrogens is 4. The third-order valence-electron chi connectivity index (χ3n) is 3.83. The smallest absolute Gasteiger partial charge is 0.244 e. The summed E-state index contributed by atoms with van der Waals surface area (Å²) in [7, 11) is -3.72. The van der Waals surface area contributed by atoms with Crippen LogP contribution in [0.5, 0.6) is 5.75 Å². The van der Waals surface area contributed by atoms with Gasteiger partial charge in [-0.3, -0.25) is 0 Å². The van der Waals surface area contributed by atoms with Crippen molar-refractivity contribution in [3.05, 3.63) is 52.8 Å². The van der Waals surface area contributed by atoms with Gasteiger partial charge in [-0.25, -0.2) is 17.8 Å². The normalized spacial score (nSPS) is 11.4. The van der Waals surface area contributed by atoms with Gasteiger partial charge in [-0.15, -0.1) is 10.2 Å². The van der Waals surface area contributed by atoms with Crippen molar-refractivity contribution in [2.75, 3.05) is 25.0 Å². The summed E-state index contributed by atoms with van der Waals surface area (Å²) in [6.07, 6.45) is 1.81. The quantitative estimate of drug-likeness (QED) is 0.452. The van der Waals surface area contributed by atoms with E-state index in [4.69, 9.17) is 4.74 Å². The van der Waals surface area contributed by atoms with Gasteiger partial charge in [0.15, 0.2) is 5.82 Å². The number of anilines is 1. The first-order chi connectivity index (χ1) is 13.9. The van der Waals surface area contributed by atoms with Crippen molar-refractivity contribution in [2.24, 2.45) is 0 Å². The molecule has 2 N–H and O–H groups in total. The average Bonchev–Trinajstić information content (AvgIpc) is 3.13. The lowest BCUT2D eigenvalue weighted by molar-refractivity contribution is 0.331. The second-order valence-electron chi connectivity index (χ2n) is 6.03. The largest absolute Gasteiger partial charge is 0.492 e. The molecule has 154 valence electrons. The van der Waals surface area contributed by atoms with E-state index in [1.54, 1.807) is 42.1 Å². The van der Waals surface area contributed by atoms with E-state index < -0.39 is 10.0 Å². The lowest BCUT2D eigenvalue weighted by Crippen LogP contribution is -2.29. The maximum atomic E-state index is 12.6. The Morgan fingerprint density at radius 1 is 1.14 bits per heavy atom. The zero-order chi connectivity index (χ0) is 20.9. The van der Waals surface area contributed by atoms with E-state index in [-0.39, 0.29) is 11.4 Å². The van der Waals surface area contributed by atoms with E-state index in [0.29, 0.717) is 35.0 Å². The molecule has 0 fully saturated rings. The fourth-order valence-electron chi connectivity index (χ4n) is 2.50. The third-order valence-corrected chi connectivity index (χ3v) is 5.80. The second-order valence-corrected chi connectivity index (χ2v) is 8.68. The molecule has 29 heavy (non-hydrogen) atoms. The Balaban J connectivity index is 1.57. The van der Waals surface area contributed by atoms with E-state index in [9.17, 15) is 8.42 Å². The van der Waals surface area contributed by atoms with Gasteiger partial charge in [0.25, 0.3) is 0 Å². The molecule has 2 aromatic heterocycles. The molecular formula is C18H21BrN6O3S. The van der Waals surface area contributed by atoms with Gasteiger partial charge in [-0.1, -0.05) is 15.9 Å². The molecule has 0 bridgehead atoms. The van der Waals surface area contributed by atoms with Gasteiger partial charge in [0.05, 0.1) is 12.3 Å². The first kappa shape index (κ1) is 21.2. The molecule has 0 aliphatic heterocycles. The van der Waals surface area contributed by atoms with Gasteiger partial charge in [-0.05, 0) is 50.2 Å². The van der Waals surface area contributed by atoms with Gasteiger partial charge in [0, 0.05) is 23.8 Å². The predicted molar refractivity (Wildman–Crippen MR) is 113 cm³/mol. The predicted octanol–water partition coefficient (Wildman–Crippen LogP) is 2.52. The molecule has 1 aromatic carbocycles. The summed E-state index contributed by atoms with van der Waals surface area (Å²) in [5.41, 5.74) is 0.888. The second kappa shape index (κ2) is 9.33. The van der Waals surface area contributed by atoms with Crippen LogP contribution < -0.4 is 14.8 Å². The van der Waals surface area contributed by atoms with E-state index in [1.807, 2.05) is 13.0 Å². The van der Waals surface area contributed by atoms with Crippen molar-refractivity contribution in [1.82, 2.24) is 24.7 Å². The first-order valence-corrected chi connectivity index (χ1v) is 11.2.